The van der Waals surface area contributed by atoms with Gasteiger partial charge in [-0.25, -0.2) is 4.39 Å². The highest BCUT2D eigenvalue weighted by Crippen LogP contribution is 2.22. The van der Waals surface area contributed by atoms with Crippen molar-refractivity contribution < 1.29 is 18.5 Å². The fourth-order valence-corrected chi connectivity index (χ4v) is 3.22. The SMILES string of the molecule is CCc1nc(CN(C)C(=O)[C@H]2CCC(=O)N(Cc3cccc(F)c3)C2)no1. The molecule has 0 N–H and O–H groups in total. The highest BCUT2D eigenvalue weighted by molar-refractivity contribution is 5.83. The van der Waals surface area contributed by atoms with Crippen molar-refractivity contribution in [3.8, 4) is 0 Å². The van der Waals surface area contributed by atoms with Gasteiger partial charge in [-0.05, 0) is 24.1 Å². The highest BCUT2D eigenvalue weighted by atomic mass is 19.1. The second-order valence-corrected chi connectivity index (χ2v) is 6.79. The lowest BCUT2D eigenvalue weighted by Gasteiger charge is -2.33. The Hall–Kier alpha value is -2.77. The number of hydrogen-bond donors (Lipinski definition) is 0. The molecule has 0 spiro atoms. The van der Waals surface area contributed by atoms with Gasteiger partial charge in [0.2, 0.25) is 17.7 Å². The molecule has 1 aliphatic heterocycles. The Morgan fingerprint density at radius 3 is 2.96 bits per heavy atom. The fraction of sp³-hybridized carbons (Fsp3) is 0.474. The number of aromatic nitrogens is 2. The van der Waals surface area contributed by atoms with Crippen LogP contribution >= 0.6 is 0 Å². The van der Waals surface area contributed by atoms with Crippen LogP contribution in [0.15, 0.2) is 28.8 Å². The van der Waals surface area contributed by atoms with Crippen molar-refractivity contribution in [1.29, 1.82) is 0 Å². The van der Waals surface area contributed by atoms with Crippen LogP contribution in [0.25, 0.3) is 0 Å². The molecule has 2 heterocycles. The number of carbonyl (C=O) groups excluding carboxylic acids is 2. The fourth-order valence-electron chi connectivity index (χ4n) is 3.22. The molecule has 2 amide bonds. The first-order chi connectivity index (χ1) is 13.0. The average molecular weight is 374 g/mol. The van der Waals surface area contributed by atoms with Crippen LogP contribution in [-0.4, -0.2) is 45.3 Å². The normalized spacial score (nSPS) is 17.2. The standard InChI is InChI=1S/C19H23FN4O3/c1-3-17-21-16(22-27-17)12-23(2)19(26)14-7-8-18(25)24(11-14)10-13-5-4-6-15(20)9-13/h4-6,9,14H,3,7-8,10-12H2,1-2H3/t14-/m0/s1. The van der Waals surface area contributed by atoms with Gasteiger partial charge in [-0.1, -0.05) is 24.2 Å². The van der Waals surface area contributed by atoms with E-state index in [0.717, 1.165) is 0 Å². The number of benzene rings is 1. The maximum atomic E-state index is 13.4. The van der Waals surface area contributed by atoms with E-state index in [1.165, 1.54) is 12.1 Å². The summed E-state index contributed by atoms with van der Waals surface area (Å²) in [4.78, 5) is 32.4. The predicted molar refractivity (Wildman–Crippen MR) is 94.7 cm³/mol. The lowest BCUT2D eigenvalue weighted by Crippen LogP contribution is -2.45. The maximum Gasteiger partial charge on any atom is 0.227 e. The molecule has 2 aromatic rings. The minimum absolute atomic E-state index is 0.0169. The average Bonchev–Trinajstić information content (AvgIpc) is 3.10. The third-order valence-corrected chi connectivity index (χ3v) is 4.68. The van der Waals surface area contributed by atoms with Gasteiger partial charge in [-0.15, -0.1) is 0 Å². The predicted octanol–water partition coefficient (Wildman–Crippen LogP) is 2.17. The number of rotatable bonds is 6. The van der Waals surface area contributed by atoms with E-state index in [4.69, 9.17) is 4.52 Å². The summed E-state index contributed by atoms with van der Waals surface area (Å²) in [5, 5.41) is 3.87. The Bertz CT molecular complexity index is 823. The first-order valence-corrected chi connectivity index (χ1v) is 9.05. The van der Waals surface area contributed by atoms with Crippen molar-refractivity contribution in [3.05, 3.63) is 47.4 Å². The Morgan fingerprint density at radius 2 is 2.26 bits per heavy atom. The van der Waals surface area contributed by atoms with Crippen LogP contribution < -0.4 is 0 Å². The Balaban J connectivity index is 1.61. The molecule has 0 bridgehead atoms. The van der Waals surface area contributed by atoms with E-state index in [9.17, 15) is 14.0 Å². The molecule has 1 aliphatic rings. The molecule has 7 nitrogen and oxygen atoms in total. The molecule has 8 heteroatoms. The molecule has 1 atom stereocenters. The molecule has 0 saturated carbocycles. The topological polar surface area (TPSA) is 79.5 Å². The van der Waals surface area contributed by atoms with Crippen molar-refractivity contribution in [1.82, 2.24) is 19.9 Å². The van der Waals surface area contributed by atoms with E-state index in [1.54, 1.807) is 29.0 Å². The van der Waals surface area contributed by atoms with Crippen molar-refractivity contribution in [2.24, 2.45) is 5.92 Å². The van der Waals surface area contributed by atoms with Gasteiger partial charge in [-0.2, -0.15) is 4.98 Å². The van der Waals surface area contributed by atoms with Crippen LogP contribution in [0.3, 0.4) is 0 Å². The number of carbonyl (C=O) groups is 2. The van der Waals surface area contributed by atoms with Crippen LogP contribution in [0.2, 0.25) is 0 Å². The number of halogens is 1. The van der Waals surface area contributed by atoms with Gasteiger partial charge in [0, 0.05) is 33.0 Å². The van der Waals surface area contributed by atoms with Gasteiger partial charge in [0.1, 0.15) is 5.82 Å². The zero-order valence-corrected chi connectivity index (χ0v) is 15.5. The highest BCUT2D eigenvalue weighted by Gasteiger charge is 2.32. The summed E-state index contributed by atoms with van der Waals surface area (Å²) >= 11 is 0. The summed E-state index contributed by atoms with van der Waals surface area (Å²) in [6, 6.07) is 6.16. The molecule has 1 fully saturated rings. The second-order valence-electron chi connectivity index (χ2n) is 6.79. The summed E-state index contributed by atoms with van der Waals surface area (Å²) in [7, 11) is 1.69. The summed E-state index contributed by atoms with van der Waals surface area (Å²) in [5.41, 5.74) is 0.712. The van der Waals surface area contributed by atoms with Gasteiger partial charge >= 0.3 is 0 Å². The lowest BCUT2D eigenvalue weighted by atomic mass is 9.95. The van der Waals surface area contributed by atoms with E-state index in [-0.39, 0.29) is 30.1 Å². The Kier molecular flexibility index (Phi) is 5.83. The number of amides is 2. The minimum atomic E-state index is -0.337. The largest absolute Gasteiger partial charge is 0.339 e. The van der Waals surface area contributed by atoms with Gasteiger partial charge in [0.25, 0.3) is 0 Å². The van der Waals surface area contributed by atoms with Gasteiger partial charge < -0.3 is 14.3 Å². The third kappa shape index (κ3) is 4.69. The van der Waals surface area contributed by atoms with E-state index in [1.807, 2.05) is 6.92 Å². The summed E-state index contributed by atoms with van der Waals surface area (Å²) in [5.74, 6) is 0.294. The Morgan fingerprint density at radius 1 is 1.44 bits per heavy atom. The molecule has 27 heavy (non-hydrogen) atoms. The number of piperidine rings is 1. The first-order valence-electron chi connectivity index (χ1n) is 9.05. The maximum absolute atomic E-state index is 13.4. The van der Waals surface area contributed by atoms with E-state index < -0.39 is 0 Å². The van der Waals surface area contributed by atoms with Crippen LogP contribution in [0.5, 0.6) is 0 Å². The van der Waals surface area contributed by atoms with E-state index in [2.05, 4.69) is 10.1 Å². The van der Waals surface area contributed by atoms with Gasteiger partial charge in [0.15, 0.2) is 5.82 Å². The first kappa shape index (κ1) is 19.0. The van der Waals surface area contributed by atoms with E-state index >= 15 is 0 Å². The number of hydrogen-bond acceptors (Lipinski definition) is 5. The van der Waals surface area contributed by atoms with Gasteiger partial charge in [0.05, 0.1) is 12.5 Å². The second kappa shape index (κ2) is 8.28. The van der Waals surface area contributed by atoms with Crippen LogP contribution in [0.4, 0.5) is 4.39 Å². The molecule has 1 aromatic carbocycles. The third-order valence-electron chi connectivity index (χ3n) is 4.68. The molecular formula is C19H23FN4O3. The summed E-state index contributed by atoms with van der Waals surface area (Å²) < 4.78 is 18.4. The molecule has 1 saturated heterocycles. The number of aryl methyl sites for hydroxylation is 1. The van der Waals surface area contributed by atoms with Crippen LogP contribution in [0, 0.1) is 11.7 Å². The zero-order valence-electron chi connectivity index (χ0n) is 15.5. The Labute approximate surface area is 157 Å². The lowest BCUT2D eigenvalue weighted by molar-refractivity contribution is -0.143. The van der Waals surface area contributed by atoms with Crippen molar-refractivity contribution >= 4 is 11.8 Å². The molecule has 144 valence electrons. The monoisotopic (exact) mass is 374 g/mol. The minimum Gasteiger partial charge on any atom is -0.339 e. The molecule has 0 radical (unpaired) electrons. The van der Waals surface area contributed by atoms with Crippen molar-refractivity contribution in [3.63, 3.8) is 0 Å². The van der Waals surface area contributed by atoms with Crippen molar-refractivity contribution in [2.75, 3.05) is 13.6 Å². The number of nitrogens with zero attached hydrogens (tertiary/aromatic N) is 4. The summed E-state index contributed by atoms with van der Waals surface area (Å²) in [6.45, 7) is 2.80. The molecule has 0 unspecified atom stereocenters. The van der Waals surface area contributed by atoms with Crippen LogP contribution in [-0.2, 0) is 29.1 Å². The van der Waals surface area contributed by atoms with Gasteiger partial charge in [-0.3, -0.25) is 9.59 Å². The molecule has 0 aliphatic carbocycles. The molecular weight excluding hydrogens is 351 g/mol. The van der Waals surface area contributed by atoms with Crippen molar-refractivity contribution in [2.45, 2.75) is 39.3 Å². The zero-order chi connectivity index (χ0) is 19.4. The molecule has 3 rings (SSSR count). The smallest absolute Gasteiger partial charge is 0.227 e. The number of likely N-dealkylation sites (tertiary alicyclic amines) is 1. The summed E-state index contributed by atoms with van der Waals surface area (Å²) in [6.07, 6.45) is 1.46. The van der Waals surface area contributed by atoms with Crippen LogP contribution in [0.1, 0.15) is 37.0 Å². The van der Waals surface area contributed by atoms with E-state index in [0.29, 0.717) is 49.6 Å². The quantitative estimate of drug-likeness (QED) is 0.774. The molecule has 1 aromatic heterocycles.